The lowest BCUT2D eigenvalue weighted by Gasteiger charge is -2.04. The van der Waals surface area contributed by atoms with Crippen LogP contribution in [-0.2, 0) is 11.3 Å². The summed E-state index contributed by atoms with van der Waals surface area (Å²) in [6.45, 7) is 0.136. The van der Waals surface area contributed by atoms with Crippen LogP contribution in [-0.4, -0.2) is 11.0 Å². The highest BCUT2D eigenvalue weighted by molar-refractivity contribution is 5.87. The third-order valence-corrected chi connectivity index (χ3v) is 2.45. The number of anilines is 1. The Balaban J connectivity index is 1.96. The Bertz CT molecular complexity index is 613. The van der Waals surface area contributed by atoms with E-state index < -0.39 is 5.97 Å². The first kappa shape index (κ1) is 12.6. The number of carbonyl (C=O) groups is 1. The fourth-order valence-electron chi connectivity index (χ4n) is 1.42. The molecule has 0 radical (unpaired) electrons. The van der Waals surface area contributed by atoms with Crippen LogP contribution in [0.5, 0.6) is 0 Å². The van der Waals surface area contributed by atoms with Crippen molar-refractivity contribution in [2.24, 2.45) is 0 Å². The van der Waals surface area contributed by atoms with Crippen molar-refractivity contribution in [3.63, 3.8) is 0 Å². The van der Waals surface area contributed by atoms with Crippen molar-refractivity contribution in [3.05, 3.63) is 59.4 Å². The highest BCUT2D eigenvalue weighted by atomic mass is 16.5. The zero-order valence-corrected chi connectivity index (χ0v) is 10.0. The molecule has 0 bridgehead atoms. The molecule has 0 saturated carbocycles. The number of pyridine rings is 1. The second-order valence-corrected chi connectivity index (χ2v) is 3.86. The highest BCUT2D eigenvalue weighted by Crippen LogP contribution is 2.07. The van der Waals surface area contributed by atoms with E-state index in [1.54, 1.807) is 30.3 Å². The maximum Gasteiger partial charge on any atom is 0.357 e. The van der Waals surface area contributed by atoms with E-state index in [0.29, 0.717) is 11.3 Å². The highest BCUT2D eigenvalue weighted by Gasteiger charge is 2.08. The number of hydrogen-bond acceptors (Lipinski definition) is 5. The van der Waals surface area contributed by atoms with E-state index in [2.05, 4.69) is 4.98 Å². The van der Waals surface area contributed by atoms with Gasteiger partial charge in [0, 0.05) is 0 Å². The summed E-state index contributed by atoms with van der Waals surface area (Å²) in [6.07, 6.45) is 1.40. The monoisotopic (exact) mass is 253 g/mol. The Morgan fingerprint density at radius 2 is 2.00 bits per heavy atom. The smallest absolute Gasteiger partial charge is 0.357 e. The average Bonchev–Trinajstić information content (AvgIpc) is 2.46. The predicted molar refractivity (Wildman–Crippen MR) is 68.9 cm³/mol. The number of benzene rings is 1. The molecular formula is C14H11N3O2. The molecule has 0 atom stereocenters. The van der Waals surface area contributed by atoms with Crippen LogP contribution >= 0.6 is 0 Å². The molecule has 0 aliphatic carbocycles. The molecule has 0 amide bonds. The second kappa shape index (κ2) is 5.65. The summed E-state index contributed by atoms with van der Waals surface area (Å²) in [6, 6.07) is 11.9. The third-order valence-electron chi connectivity index (χ3n) is 2.45. The number of nitriles is 1. The van der Waals surface area contributed by atoms with Gasteiger partial charge in [0.25, 0.3) is 0 Å². The summed E-state index contributed by atoms with van der Waals surface area (Å²) in [5, 5.41) is 8.66. The number of hydrogen-bond donors (Lipinski definition) is 1. The van der Waals surface area contributed by atoms with Gasteiger partial charge in [-0.15, -0.1) is 0 Å². The van der Waals surface area contributed by atoms with Gasteiger partial charge in [0.2, 0.25) is 0 Å². The van der Waals surface area contributed by atoms with Crippen molar-refractivity contribution in [1.82, 2.24) is 4.98 Å². The maximum atomic E-state index is 11.7. The van der Waals surface area contributed by atoms with Gasteiger partial charge >= 0.3 is 5.97 Å². The van der Waals surface area contributed by atoms with Crippen LogP contribution in [0.4, 0.5) is 5.69 Å². The van der Waals surface area contributed by atoms with Crippen molar-refractivity contribution in [1.29, 1.82) is 5.26 Å². The van der Waals surface area contributed by atoms with E-state index in [9.17, 15) is 4.79 Å². The maximum absolute atomic E-state index is 11.7. The van der Waals surface area contributed by atoms with Gasteiger partial charge in [-0.25, -0.2) is 9.78 Å². The Kier molecular flexibility index (Phi) is 3.74. The lowest BCUT2D eigenvalue weighted by Crippen LogP contribution is -2.07. The molecule has 1 heterocycles. The number of rotatable bonds is 3. The fraction of sp³-hybridized carbons (Fsp3) is 0.0714. The Hall–Kier alpha value is -2.87. The first-order chi connectivity index (χ1) is 9.19. The summed E-state index contributed by atoms with van der Waals surface area (Å²) in [5.74, 6) is -0.510. The van der Waals surface area contributed by atoms with Crippen LogP contribution in [0, 0.1) is 11.3 Å². The molecule has 2 rings (SSSR count). The van der Waals surface area contributed by atoms with Crippen LogP contribution in [0.15, 0.2) is 42.6 Å². The minimum atomic E-state index is -0.510. The number of esters is 1. The Morgan fingerprint density at radius 1 is 1.26 bits per heavy atom. The van der Waals surface area contributed by atoms with Crippen molar-refractivity contribution < 1.29 is 9.53 Å². The molecule has 0 aliphatic heterocycles. The Labute approximate surface area is 110 Å². The molecule has 2 N–H and O–H groups in total. The van der Waals surface area contributed by atoms with E-state index in [4.69, 9.17) is 15.7 Å². The molecule has 94 valence electrons. The van der Waals surface area contributed by atoms with Gasteiger partial charge in [0.15, 0.2) is 0 Å². The molecule has 19 heavy (non-hydrogen) atoms. The minimum absolute atomic E-state index is 0.136. The molecule has 0 fully saturated rings. The number of nitrogen functional groups attached to an aromatic ring is 1. The van der Waals surface area contributed by atoms with Gasteiger partial charge < -0.3 is 10.5 Å². The molecule has 1 aromatic heterocycles. The molecule has 0 unspecified atom stereocenters. The van der Waals surface area contributed by atoms with Crippen LogP contribution in [0.3, 0.4) is 0 Å². The largest absolute Gasteiger partial charge is 0.456 e. The normalized spacial score (nSPS) is 9.63. The summed E-state index contributed by atoms with van der Waals surface area (Å²) >= 11 is 0. The summed E-state index contributed by atoms with van der Waals surface area (Å²) in [7, 11) is 0. The van der Waals surface area contributed by atoms with Gasteiger partial charge in [0.05, 0.1) is 23.5 Å². The molecule has 5 heteroatoms. The topological polar surface area (TPSA) is 89.0 Å². The first-order valence-electron chi connectivity index (χ1n) is 5.57. The predicted octanol–water partition coefficient (Wildman–Crippen LogP) is 1.89. The van der Waals surface area contributed by atoms with Gasteiger partial charge in [-0.2, -0.15) is 5.26 Å². The van der Waals surface area contributed by atoms with E-state index in [1.807, 2.05) is 6.07 Å². The summed E-state index contributed by atoms with van der Waals surface area (Å²) < 4.78 is 5.10. The van der Waals surface area contributed by atoms with Crippen LogP contribution in [0.1, 0.15) is 21.6 Å². The molecule has 5 nitrogen and oxygen atoms in total. The number of ether oxygens (including phenoxy) is 1. The average molecular weight is 253 g/mol. The molecular weight excluding hydrogens is 242 g/mol. The lowest BCUT2D eigenvalue weighted by atomic mass is 10.2. The zero-order valence-electron chi connectivity index (χ0n) is 10.0. The number of nitrogens with zero attached hydrogens (tertiary/aromatic N) is 2. The number of nitrogens with two attached hydrogens (primary N) is 1. The van der Waals surface area contributed by atoms with Gasteiger partial charge in [-0.1, -0.05) is 12.1 Å². The molecule has 0 saturated heterocycles. The van der Waals surface area contributed by atoms with Crippen LogP contribution in [0.25, 0.3) is 0 Å². The Morgan fingerprint density at radius 3 is 2.58 bits per heavy atom. The van der Waals surface area contributed by atoms with Crippen molar-refractivity contribution in [3.8, 4) is 6.07 Å². The minimum Gasteiger partial charge on any atom is -0.456 e. The van der Waals surface area contributed by atoms with E-state index in [0.717, 1.165) is 5.56 Å². The first-order valence-corrected chi connectivity index (χ1v) is 5.57. The third kappa shape index (κ3) is 3.30. The second-order valence-electron chi connectivity index (χ2n) is 3.86. The summed E-state index contributed by atoms with van der Waals surface area (Å²) in [5.41, 5.74) is 7.55. The van der Waals surface area contributed by atoms with E-state index in [-0.39, 0.29) is 12.3 Å². The van der Waals surface area contributed by atoms with E-state index >= 15 is 0 Å². The van der Waals surface area contributed by atoms with Crippen molar-refractivity contribution >= 4 is 11.7 Å². The van der Waals surface area contributed by atoms with Crippen LogP contribution in [0.2, 0.25) is 0 Å². The van der Waals surface area contributed by atoms with Crippen molar-refractivity contribution in [2.75, 3.05) is 5.73 Å². The SMILES string of the molecule is N#Cc1ccc(COC(=O)c2ccc(N)cn2)cc1. The van der Waals surface area contributed by atoms with Crippen LogP contribution < -0.4 is 5.73 Å². The number of carbonyl (C=O) groups excluding carboxylic acids is 1. The summed E-state index contributed by atoms with van der Waals surface area (Å²) in [4.78, 5) is 15.5. The quantitative estimate of drug-likeness (QED) is 0.844. The van der Waals surface area contributed by atoms with E-state index in [1.165, 1.54) is 12.3 Å². The van der Waals surface area contributed by atoms with Gasteiger partial charge in [-0.05, 0) is 29.8 Å². The number of aromatic nitrogens is 1. The lowest BCUT2D eigenvalue weighted by molar-refractivity contribution is 0.0466. The van der Waals surface area contributed by atoms with Gasteiger partial charge in [-0.3, -0.25) is 0 Å². The molecule has 2 aromatic rings. The molecule has 0 spiro atoms. The zero-order chi connectivity index (χ0) is 13.7. The van der Waals surface area contributed by atoms with Gasteiger partial charge in [0.1, 0.15) is 12.3 Å². The fourth-order valence-corrected chi connectivity index (χ4v) is 1.42. The standard InChI is InChI=1S/C14H11N3O2/c15-7-10-1-3-11(4-2-10)9-19-14(18)13-6-5-12(16)8-17-13/h1-6,8H,9,16H2. The molecule has 1 aromatic carbocycles. The van der Waals surface area contributed by atoms with Crippen molar-refractivity contribution in [2.45, 2.75) is 6.61 Å². The molecule has 0 aliphatic rings.